The lowest BCUT2D eigenvalue weighted by atomic mass is 9.99. The largest absolute Gasteiger partial charge is 0.462 e. The zero-order chi connectivity index (χ0) is 22.4. The molecule has 7 heteroatoms. The number of rotatable bonds is 6. The standard InChI is InChI=1S/C24H30ClN3O2S/c1-4-30-23(29)21-14-19(9-12-22(21)25)27-24(31)26-17(3)18-7-10-20(11-8-18)28-13-5-6-16(2)15-28/h7-12,14,16-17H,4-6,13,15H2,1-3H3,(H2,26,27,31)/t16-,17-/m0/s1. The van der Waals surface area contributed by atoms with Crippen molar-refractivity contribution in [2.75, 3.05) is 29.9 Å². The van der Waals surface area contributed by atoms with Crippen LogP contribution in [0.1, 0.15) is 55.6 Å². The third-order valence-electron chi connectivity index (χ3n) is 5.48. The molecule has 2 atom stereocenters. The summed E-state index contributed by atoms with van der Waals surface area (Å²) in [6.07, 6.45) is 2.57. The van der Waals surface area contributed by atoms with Crippen molar-refractivity contribution in [1.29, 1.82) is 0 Å². The Hall–Kier alpha value is -2.31. The van der Waals surface area contributed by atoms with Gasteiger partial charge >= 0.3 is 5.97 Å². The fourth-order valence-electron chi connectivity index (χ4n) is 3.81. The van der Waals surface area contributed by atoms with Gasteiger partial charge in [0.05, 0.1) is 23.2 Å². The number of hydrogen-bond acceptors (Lipinski definition) is 4. The summed E-state index contributed by atoms with van der Waals surface area (Å²) in [5.41, 5.74) is 3.41. The molecule has 1 aliphatic heterocycles. The third kappa shape index (κ3) is 6.34. The molecular formula is C24H30ClN3O2S. The summed E-state index contributed by atoms with van der Waals surface area (Å²) in [6, 6.07) is 13.8. The highest BCUT2D eigenvalue weighted by molar-refractivity contribution is 7.80. The molecule has 0 aliphatic carbocycles. The Morgan fingerprint density at radius 1 is 1.29 bits per heavy atom. The third-order valence-corrected chi connectivity index (χ3v) is 6.03. The van der Waals surface area contributed by atoms with E-state index in [4.69, 9.17) is 28.6 Å². The number of anilines is 2. The van der Waals surface area contributed by atoms with Crippen LogP contribution in [0, 0.1) is 5.92 Å². The molecule has 5 nitrogen and oxygen atoms in total. The van der Waals surface area contributed by atoms with Crippen LogP contribution in [0.25, 0.3) is 0 Å². The normalized spacial score (nSPS) is 17.0. The molecule has 1 aliphatic rings. The second-order valence-electron chi connectivity index (χ2n) is 8.02. The fraction of sp³-hybridized carbons (Fsp3) is 0.417. The van der Waals surface area contributed by atoms with Crippen LogP contribution >= 0.6 is 23.8 Å². The minimum atomic E-state index is -0.452. The minimum Gasteiger partial charge on any atom is -0.462 e. The van der Waals surface area contributed by atoms with E-state index in [1.165, 1.54) is 18.5 Å². The molecule has 2 N–H and O–H groups in total. The summed E-state index contributed by atoms with van der Waals surface area (Å²) < 4.78 is 5.05. The van der Waals surface area contributed by atoms with Gasteiger partial charge in [0.15, 0.2) is 5.11 Å². The number of ether oxygens (including phenoxy) is 1. The predicted octanol–water partition coefficient (Wildman–Crippen LogP) is 5.80. The quantitative estimate of drug-likeness (QED) is 0.420. The van der Waals surface area contributed by atoms with Crippen molar-refractivity contribution in [1.82, 2.24) is 5.32 Å². The van der Waals surface area contributed by atoms with Crippen LogP contribution in [0.5, 0.6) is 0 Å². The topological polar surface area (TPSA) is 53.6 Å². The Balaban J connectivity index is 1.59. The average molecular weight is 460 g/mol. The van der Waals surface area contributed by atoms with Gasteiger partial charge in [-0.15, -0.1) is 0 Å². The highest BCUT2D eigenvalue weighted by atomic mass is 35.5. The van der Waals surface area contributed by atoms with E-state index in [0.717, 1.165) is 24.6 Å². The molecular weight excluding hydrogens is 430 g/mol. The summed E-state index contributed by atoms with van der Waals surface area (Å²) in [4.78, 5) is 14.5. The van der Waals surface area contributed by atoms with Crippen molar-refractivity contribution in [2.45, 2.75) is 39.7 Å². The Morgan fingerprint density at radius 3 is 2.71 bits per heavy atom. The van der Waals surface area contributed by atoms with Gasteiger partial charge < -0.3 is 20.3 Å². The van der Waals surface area contributed by atoms with E-state index in [0.29, 0.717) is 28.0 Å². The van der Waals surface area contributed by atoms with E-state index in [1.807, 2.05) is 0 Å². The Labute approximate surface area is 195 Å². The molecule has 2 aromatic rings. The van der Waals surface area contributed by atoms with Crippen molar-refractivity contribution in [2.24, 2.45) is 5.92 Å². The summed E-state index contributed by atoms with van der Waals surface area (Å²) in [5, 5.41) is 7.24. The van der Waals surface area contributed by atoms with E-state index >= 15 is 0 Å². The van der Waals surface area contributed by atoms with Gasteiger partial charge in [0, 0.05) is 24.5 Å². The van der Waals surface area contributed by atoms with Crippen molar-refractivity contribution >= 4 is 46.3 Å². The molecule has 1 heterocycles. The van der Waals surface area contributed by atoms with E-state index in [9.17, 15) is 4.79 Å². The van der Waals surface area contributed by atoms with Gasteiger partial charge in [-0.1, -0.05) is 30.7 Å². The van der Waals surface area contributed by atoms with E-state index in [-0.39, 0.29) is 6.04 Å². The summed E-state index contributed by atoms with van der Waals surface area (Å²) in [7, 11) is 0. The monoisotopic (exact) mass is 459 g/mol. The second-order valence-corrected chi connectivity index (χ2v) is 8.84. The van der Waals surface area contributed by atoms with Crippen LogP contribution in [0.3, 0.4) is 0 Å². The number of piperidine rings is 1. The number of esters is 1. The molecule has 2 aromatic carbocycles. The number of carbonyl (C=O) groups excluding carboxylic acids is 1. The van der Waals surface area contributed by atoms with Crippen LogP contribution in [-0.4, -0.2) is 30.8 Å². The highest BCUT2D eigenvalue weighted by Crippen LogP contribution is 2.25. The molecule has 3 rings (SSSR count). The maximum atomic E-state index is 12.0. The van der Waals surface area contributed by atoms with Crippen LogP contribution in [0.2, 0.25) is 5.02 Å². The van der Waals surface area contributed by atoms with Gasteiger partial charge in [0.25, 0.3) is 0 Å². The molecule has 0 bridgehead atoms. The maximum absolute atomic E-state index is 12.0. The van der Waals surface area contributed by atoms with Gasteiger partial charge in [-0.3, -0.25) is 0 Å². The molecule has 0 unspecified atom stereocenters. The molecule has 0 amide bonds. The first-order valence-corrected chi connectivity index (χ1v) is 11.5. The average Bonchev–Trinajstić information content (AvgIpc) is 2.75. The first-order valence-electron chi connectivity index (χ1n) is 10.8. The molecule has 1 fully saturated rings. The molecule has 0 radical (unpaired) electrons. The van der Waals surface area contributed by atoms with Crippen molar-refractivity contribution in [3.63, 3.8) is 0 Å². The van der Waals surface area contributed by atoms with Crippen molar-refractivity contribution in [3.8, 4) is 0 Å². The van der Waals surface area contributed by atoms with Gasteiger partial charge in [-0.25, -0.2) is 4.79 Å². The number of hydrogen-bond donors (Lipinski definition) is 2. The minimum absolute atomic E-state index is 0.0335. The Bertz CT molecular complexity index is 920. The zero-order valence-corrected chi connectivity index (χ0v) is 19.9. The van der Waals surface area contributed by atoms with Crippen LogP contribution in [0.15, 0.2) is 42.5 Å². The molecule has 31 heavy (non-hydrogen) atoms. The Kier molecular flexibility index (Phi) is 8.15. The van der Waals surface area contributed by atoms with Gasteiger partial charge in [0.2, 0.25) is 0 Å². The number of thiocarbonyl (C=S) groups is 1. The second kappa shape index (κ2) is 10.8. The highest BCUT2D eigenvalue weighted by Gasteiger charge is 2.17. The van der Waals surface area contributed by atoms with Crippen LogP contribution < -0.4 is 15.5 Å². The summed E-state index contributed by atoms with van der Waals surface area (Å²) >= 11 is 11.6. The zero-order valence-electron chi connectivity index (χ0n) is 18.3. The number of carbonyl (C=O) groups is 1. The van der Waals surface area contributed by atoms with E-state index < -0.39 is 5.97 Å². The molecule has 166 valence electrons. The van der Waals surface area contributed by atoms with Crippen LogP contribution in [0.4, 0.5) is 11.4 Å². The van der Waals surface area contributed by atoms with Crippen molar-refractivity contribution < 1.29 is 9.53 Å². The maximum Gasteiger partial charge on any atom is 0.339 e. The lowest BCUT2D eigenvalue weighted by Crippen LogP contribution is -2.34. The molecule has 1 saturated heterocycles. The van der Waals surface area contributed by atoms with Crippen molar-refractivity contribution in [3.05, 3.63) is 58.6 Å². The smallest absolute Gasteiger partial charge is 0.339 e. The first kappa shape index (κ1) is 23.4. The fourth-order valence-corrected chi connectivity index (χ4v) is 4.30. The SMILES string of the molecule is CCOC(=O)c1cc(NC(=S)N[C@@H](C)c2ccc(N3CCC[C@H](C)C3)cc2)ccc1Cl. The Morgan fingerprint density at radius 2 is 2.03 bits per heavy atom. The number of nitrogens with one attached hydrogen (secondary N) is 2. The predicted molar refractivity (Wildman–Crippen MR) is 132 cm³/mol. The number of benzene rings is 2. The molecule has 0 spiro atoms. The van der Waals surface area contributed by atoms with Gasteiger partial charge in [-0.05, 0) is 80.7 Å². The lowest BCUT2D eigenvalue weighted by molar-refractivity contribution is 0.0526. The molecule has 0 aromatic heterocycles. The van der Waals surface area contributed by atoms with Gasteiger partial charge in [0.1, 0.15) is 0 Å². The van der Waals surface area contributed by atoms with Gasteiger partial charge in [-0.2, -0.15) is 0 Å². The number of nitrogens with zero attached hydrogens (tertiary/aromatic N) is 1. The summed E-state index contributed by atoms with van der Waals surface area (Å²) in [5.74, 6) is 0.293. The van der Waals surface area contributed by atoms with Crippen LogP contribution in [-0.2, 0) is 4.74 Å². The molecule has 0 saturated carbocycles. The lowest BCUT2D eigenvalue weighted by Gasteiger charge is -2.33. The number of halogens is 1. The first-order chi connectivity index (χ1) is 14.9. The summed E-state index contributed by atoms with van der Waals surface area (Å²) in [6.45, 7) is 8.68. The van der Waals surface area contributed by atoms with E-state index in [1.54, 1.807) is 25.1 Å². The van der Waals surface area contributed by atoms with E-state index in [2.05, 4.69) is 53.6 Å².